The molecular weight excluding hydrogens is 214 g/mol. The molecule has 0 saturated heterocycles. The van der Waals surface area contributed by atoms with Gasteiger partial charge in [0.1, 0.15) is 0 Å². The van der Waals surface area contributed by atoms with E-state index in [1.54, 1.807) is 0 Å². The van der Waals surface area contributed by atoms with Gasteiger partial charge in [-0.2, -0.15) is 0 Å². The first kappa shape index (κ1) is 8.27. The van der Waals surface area contributed by atoms with Gasteiger partial charge < -0.3 is 5.73 Å². The molecule has 0 heterocycles. The maximum atomic E-state index is 5.80. The van der Waals surface area contributed by atoms with Gasteiger partial charge >= 0.3 is 0 Å². The molecule has 1 aromatic carbocycles. The van der Waals surface area contributed by atoms with Crippen LogP contribution in [0.3, 0.4) is 0 Å². The molecule has 0 unspecified atom stereocenters. The summed E-state index contributed by atoms with van der Waals surface area (Å²) >= 11 is 3.52. The minimum absolute atomic E-state index is 0.401. The minimum atomic E-state index is 0.401. The van der Waals surface area contributed by atoms with Crippen LogP contribution in [0.4, 0.5) is 0 Å². The summed E-state index contributed by atoms with van der Waals surface area (Å²) in [5, 5.41) is 0. The fourth-order valence-electron chi connectivity index (χ4n) is 1.60. The van der Waals surface area contributed by atoms with Crippen LogP contribution in [0.25, 0.3) is 0 Å². The predicted molar refractivity (Wildman–Crippen MR) is 54.2 cm³/mol. The van der Waals surface area contributed by atoms with Gasteiger partial charge in [-0.1, -0.05) is 28.1 Å². The second-order valence-corrected chi connectivity index (χ2v) is 4.31. The summed E-state index contributed by atoms with van der Waals surface area (Å²) < 4.78 is 1.19. The monoisotopic (exact) mass is 225 g/mol. The molecule has 1 aromatic rings. The van der Waals surface area contributed by atoms with Crippen molar-refractivity contribution in [3.63, 3.8) is 0 Å². The first-order chi connectivity index (χ1) is 5.70. The van der Waals surface area contributed by atoms with E-state index < -0.39 is 0 Å². The molecule has 1 saturated carbocycles. The molecule has 0 bridgehead atoms. The summed E-state index contributed by atoms with van der Waals surface area (Å²) in [6.07, 6.45) is 1.15. The molecule has 64 valence electrons. The average molecular weight is 226 g/mol. The summed E-state index contributed by atoms with van der Waals surface area (Å²) in [5.74, 6) is 0.613. The van der Waals surface area contributed by atoms with Crippen molar-refractivity contribution in [3.05, 3.63) is 33.8 Å². The van der Waals surface area contributed by atoms with E-state index in [0.717, 1.165) is 6.42 Å². The minimum Gasteiger partial charge on any atom is -0.327 e. The van der Waals surface area contributed by atoms with Gasteiger partial charge in [0, 0.05) is 16.4 Å². The van der Waals surface area contributed by atoms with Gasteiger partial charge in [0.05, 0.1) is 0 Å². The second kappa shape index (κ2) is 2.86. The van der Waals surface area contributed by atoms with E-state index in [1.807, 2.05) is 0 Å². The van der Waals surface area contributed by atoms with Gasteiger partial charge in [-0.15, -0.1) is 0 Å². The third kappa shape index (κ3) is 1.29. The highest BCUT2D eigenvalue weighted by Crippen LogP contribution is 2.41. The van der Waals surface area contributed by atoms with Gasteiger partial charge in [0.15, 0.2) is 0 Å². The van der Waals surface area contributed by atoms with E-state index in [4.69, 9.17) is 5.73 Å². The zero-order chi connectivity index (χ0) is 8.72. The van der Waals surface area contributed by atoms with Crippen LogP contribution in [0.15, 0.2) is 22.7 Å². The molecule has 0 spiro atoms. The van der Waals surface area contributed by atoms with E-state index in [0.29, 0.717) is 12.0 Å². The fourth-order valence-corrected chi connectivity index (χ4v) is 1.98. The lowest BCUT2D eigenvalue weighted by atomic mass is 10.0. The van der Waals surface area contributed by atoms with E-state index in [-0.39, 0.29) is 0 Å². The average Bonchev–Trinajstić information content (AvgIpc) is 2.73. The van der Waals surface area contributed by atoms with Crippen molar-refractivity contribution >= 4 is 15.9 Å². The molecule has 0 aromatic heterocycles. The standard InChI is InChI=1S/C10H12BrN/c1-6-7(8-5-10(8)12)3-2-4-9(6)11/h2-4,8,10H,5,12H2,1H3/t8-,10+/m0/s1. The number of rotatable bonds is 1. The first-order valence-corrected chi connectivity index (χ1v) is 5.00. The van der Waals surface area contributed by atoms with Crippen molar-refractivity contribution in [1.82, 2.24) is 0 Å². The van der Waals surface area contributed by atoms with Crippen molar-refractivity contribution in [2.45, 2.75) is 25.3 Å². The number of hydrogen-bond acceptors (Lipinski definition) is 1. The SMILES string of the molecule is Cc1c(Br)cccc1[C@@H]1C[C@H]1N. The summed E-state index contributed by atoms with van der Waals surface area (Å²) in [6.45, 7) is 2.14. The van der Waals surface area contributed by atoms with Crippen molar-refractivity contribution in [2.75, 3.05) is 0 Å². The molecule has 12 heavy (non-hydrogen) atoms. The maximum Gasteiger partial charge on any atom is 0.0207 e. The van der Waals surface area contributed by atoms with Crippen molar-refractivity contribution in [2.24, 2.45) is 5.73 Å². The van der Waals surface area contributed by atoms with E-state index in [1.165, 1.54) is 15.6 Å². The van der Waals surface area contributed by atoms with E-state index >= 15 is 0 Å². The Bertz CT molecular complexity index is 309. The first-order valence-electron chi connectivity index (χ1n) is 4.20. The van der Waals surface area contributed by atoms with Crippen LogP contribution in [0, 0.1) is 6.92 Å². The number of benzene rings is 1. The topological polar surface area (TPSA) is 26.0 Å². The molecule has 1 nitrogen and oxygen atoms in total. The Morgan fingerprint density at radius 2 is 2.17 bits per heavy atom. The molecule has 1 aliphatic rings. The van der Waals surface area contributed by atoms with Crippen LogP contribution in [-0.2, 0) is 0 Å². The number of nitrogens with two attached hydrogens (primary N) is 1. The molecule has 2 N–H and O–H groups in total. The smallest absolute Gasteiger partial charge is 0.0207 e. The van der Waals surface area contributed by atoms with Gasteiger partial charge in [0.25, 0.3) is 0 Å². The molecule has 1 fully saturated rings. The Balaban J connectivity index is 2.38. The second-order valence-electron chi connectivity index (χ2n) is 3.46. The van der Waals surface area contributed by atoms with Crippen molar-refractivity contribution in [1.29, 1.82) is 0 Å². The summed E-state index contributed by atoms with van der Waals surface area (Å²) in [5.41, 5.74) is 8.56. The summed E-state index contributed by atoms with van der Waals surface area (Å²) in [6, 6.07) is 6.74. The Morgan fingerprint density at radius 1 is 1.50 bits per heavy atom. The quantitative estimate of drug-likeness (QED) is 0.782. The summed E-state index contributed by atoms with van der Waals surface area (Å²) in [4.78, 5) is 0. The van der Waals surface area contributed by atoms with Crippen LogP contribution in [-0.4, -0.2) is 6.04 Å². The highest BCUT2D eigenvalue weighted by Gasteiger charge is 2.35. The molecule has 0 radical (unpaired) electrons. The molecule has 2 atom stereocenters. The van der Waals surface area contributed by atoms with Crippen LogP contribution < -0.4 is 5.73 Å². The van der Waals surface area contributed by atoms with Crippen molar-refractivity contribution in [3.8, 4) is 0 Å². The molecule has 0 amide bonds. The molecule has 1 aliphatic carbocycles. The van der Waals surface area contributed by atoms with Crippen LogP contribution in [0.5, 0.6) is 0 Å². The van der Waals surface area contributed by atoms with Crippen LogP contribution >= 0.6 is 15.9 Å². The van der Waals surface area contributed by atoms with Gasteiger partial charge in [0.2, 0.25) is 0 Å². The van der Waals surface area contributed by atoms with Gasteiger partial charge in [-0.25, -0.2) is 0 Å². The molecule has 0 aliphatic heterocycles. The maximum absolute atomic E-state index is 5.80. The van der Waals surface area contributed by atoms with E-state index in [2.05, 4.69) is 41.1 Å². The fraction of sp³-hybridized carbons (Fsp3) is 0.400. The molecule has 2 rings (SSSR count). The van der Waals surface area contributed by atoms with Gasteiger partial charge in [-0.3, -0.25) is 0 Å². The lowest BCUT2D eigenvalue weighted by Gasteiger charge is -2.05. The van der Waals surface area contributed by atoms with Crippen LogP contribution in [0.1, 0.15) is 23.5 Å². The van der Waals surface area contributed by atoms with Crippen LogP contribution in [0.2, 0.25) is 0 Å². The lowest BCUT2D eigenvalue weighted by Crippen LogP contribution is -2.02. The normalized spacial score (nSPS) is 27.2. The highest BCUT2D eigenvalue weighted by molar-refractivity contribution is 9.10. The Kier molecular flexibility index (Phi) is 1.97. The largest absolute Gasteiger partial charge is 0.327 e. The highest BCUT2D eigenvalue weighted by atomic mass is 79.9. The summed E-state index contributed by atoms with van der Waals surface area (Å²) in [7, 11) is 0. The van der Waals surface area contributed by atoms with Crippen molar-refractivity contribution < 1.29 is 0 Å². The molecular formula is C10H12BrN. The third-order valence-electron chi connectivity index (χ3n) is 2.55. The lowest BCUT2D eigenvalue weighted by molar-refractivity contribution is 0.978. The number of hydrogen-bond donors (Lipinski definition) is 1. The zero-order valence-corrected chi connectivity index (χ0v) is 8.64. The number of halogens is 1. The predicted octanol–water partition coefficient (Wildman–Crippen LogP) is 2.57. The Labute approximate surface area is 81.1 Å². The Hall–Kier alpha value is -0.340. The molecule has 2 heteroatoms. The Morgan fingerprint density at radius 3 is 2.75 bits per heavy atom. The third-order valence-corrected chi connectivity index (χ3v) is 3.41. The van der Waals surface area contributed by atoms with Gasteiger partial charge in [-0.05, 0) is 30.5 Å². The zero-order valence-electron chi connectivity index (χ0n) is 7.05. The van der Waals surface area contributed by atoms with E-state index in [9.17, 15) is 0 Å².